The molecule has 5 heteroatoms. The second-order valence-corrected chi connectivity index (χ2v) is 5.49. The summed E-state index contributed by atoms with van der Waals surface area (Å²) >= 11 is 0. The Kier molecular flexibility index (Phi) is 5.86. The Bertz CT molecular complexity index is 654. The van der Waals surface area contributed by atoms with Crippen molar-refractivity contribution in [2.24, 2.45) is 0 Å². The number of amides is 2. The van der Waals surface area contributed by atoms with Crippen LogP contribution in [-0.2, 0) is 22.7 Å². The summed E-state index contributed by atoms with van der Waals surface area (Å²) in [5, 5.41) is 2.84. The molecule has 1 heterocycles. The summed E-state index contributed by atoms with van der Waals surface area (Å²) in [6.45, 7) is 4.39. The van der Waals surface area contributed by atoms with E-state index in [1.54, 1.807) is 12.4 Å². The molecule has 0 saturated heterocycles. The Labute approximate surface area is 136 Å². The van der Waals surface area contributed by atoms with Gasteiger partial charge < -0.3 is 10.2 Å². The van der Waals surface area contributed by atoms with Gasteiger partial charge in [0.1, 0.15) is 0 Å². The predicted octanol–water partition coefficient (Wildman–Crippen LogP) is 2.05. The third kappa shape index (κ3) is 5.54. The zero-order chi connectivity index (χ0) is 16.7. The number of hydrogen-bond donors (Lipinski definition) is 1. The first-order valence-electron chi connectivity index (χ1n) is 7.51. The van der Waals surface area contributed by atoms with Crippen LogP contribution in [0.3, 0.4) is 0 Å². The van der Waals surface area contributed by atoms with Crippen LogP contribution in [0.4, 0.5) is 0 Å². The molecule has 0 saturated carbocycles. The highest BCUT2D eigenvalue weighted by atomic mass is 16.2. The first-order valence-corrected chi connectivity index (χ1v) is 7.51. The molecule has 0 fully saturated rings. The van der Waals surface area contributed by atoms with Crippen LogP contribution in [0.15, 0.2) is 48.8 Å². The van der Waals surface area contributed by atoms with E-state index in [-0.39, 0.29) is 18.4 Å². The number of aryl methyl sites for hydroxylation is 1. The van der Waals surface area contributed by atoms with Crippen LogP contribution in [0, 0.1) is 6.92 Å². The summed E-state index contributed by atoms with van der Waals surface area (Å²) in [4.78, 5) is 29.3. The van der Waals surface area contributed by atoms with Gasteiger partial charge in [-0.15, -0.1) is 0 Å². The second kappa shape index (κ2) is 8.08. The molecule has 1 aromatic heterocycles. The van der Waals surface area contributed by atoms with Crippen LogP contribution in [0.1, 0.15) is 23.6 Å². The first kappa shape index (κ1) is 16.7. The van der Waals surface area contributed by atoms with Crippen LogP contribution < -0.4 is 5.32 Å². The van der Waals surface area contributed by atoms with Gasteiger partial charge >= 0.3 is 0 Å². The summed E-state index contributed by atoms with van der Waals surface area (Å²) < 4.78 is 0. The Balaban J connectivity index is 1.88. The average molecular weight is 311 g/mol. The minimum absolute atomic E-state index is 0.0452. The zero-order valence-corrected chi connectivity index (χ0v) is 13.5. The molecule has 120 valence electrons. The summed E-state index contributed by atoms with van der Waals surface area (Å²) in [5.41, 5.74) is 3.16. The predicted molar refractivity (Wildman–Crippen MR) is 88.4 cm³/mol. The lowest BCUT2D eigenvalue weighted by Gasteiger charge is -2.20. The number of pyridine rings is 1. The lowest BCUT2D eigenvalue weighted by molar-refractivity contribution is -0.135. The van der Waals surface area contributed by atoms with Crippen molar-refractivity contribution in [1.29, 1.82) is 0 Å². The number of aromatic nitrogens is 1. The SMILES string of the molecule is CC(=O)N(CC(=O)NCc1ccc(C)cc1)Cc1ccncc1. The van der Waals surface area contributed by atoms with Crippen LogP contribution in [-0.4, -0.2) is 28.2 Å². The molecule has 2 aromatic rings. The molecule has 0 unspecified atom stereocenters. The largest absolute Gasteiger partial charge is 0.350 e. The standard InChI is InChI=1S/C18H21N3O2/c1-14-3-5-16(6-4-14)11-20-18(23)13-21(15(2)22)12-17-7-9-19-10-8-17/h3-10H,11-13H2,1-2H3,(H,20,23). The number of carbonyl (C=O) groups excluding carboxylic acids is 2. The monoisotopic (exact) mass is 311 g/mol. The van der Waals surface area contributed by atoms with Crippen molar-refractivity contribution in [3.63, 3.8) is 0 Å². The van der Waals surface area contributed by atoms with Gasteiger partial charge in [-0.25, -0.2) is 0 Å². The molecule has 0 aliphatic carbocycles. The summed E-state index contributed by atoms with van der Waals surface area (Å²) in [6.07, 6.45) is 3.34. The first-order chi connectivity index (χ1) is 11.0. The topological polar surface area (TPSA) is 62.3 Å². The fourth-order valence-corrected chi connectivity index (χ4v) is 2.12. The molecule has 0 aliphatic heterocycles. The molecule has 1 N–H and O–H groups in total. The molecular formula is C18H21N3O2. The highest BCUT2D eigenvalue weighted by Gasteiger charge is 2.13. The van der Waals surface area contributed by atoms with Gasteiger partial charge in [-0.1, -0.05) is 29.8 Å². The van der Waals surface area contributed by atoms with E-state index in [9.17, 15) is 9.59 Å². The Morgan fingerprint density at radius 1 is 1.04 bits per heavy atom. The van der Waals surface area contributed by atoms with Crippen molar-refractivity contribution < 1.29 is 9.59 Å². The average Bonchev–Trinajstić information content (AvgIpc) is 2.54. The quantitative estimate of drug-likeness (QED) is 0.888. The minimum atomic E-state index is -0.171. The fraction of sp³-hybridized carbons (Fsp3) is 0.278. The van der Waals surface area contributed by atoms with Crippen molar-refractivity contribution in [2.75, 3.05) is 6.54 Å². The molecule has 1 aromatic carbocycles. The van der Waals surface area contributed by atoms with Gasteiger partial charge in [-0.2, -0.15) is 0 Å². The van der Waals surface area contributed by atoms with E-state index in [4.69, 9.17) is 0 Å². The van der Waals surface area contributed by atoms with Gasteiger partial charge in [0.25, 0.3) is 0 Å². The molecule has 5 nitrogen and oxygen atoms in total. The molecule has 23 heavy (non-hydrogen) atoms. The molecule has 0 radical (unpaired) electrons. The van der Waals surface area contributed by atoms with E-state index < -0.39 is 0 Å². The molecule has 2 amide bonds. The van der Waals surface area contributed by atoms with E-state index in [0.717, 1.165) is 11.1 Å². The van der Waals surface area contributed by atoms with E-state index in [0.29, 0.717) is 13.1 Å². The Hall–Kier alpha value is -2.69. The molecule has 0 bridgehead atoms. The maximum absolute atomic E-state index is 12.1. The van der Waals surface area contributed by atoms with E-state index in [2.05, 4.69) is 10.3 Å². The number of carbonyl (C=O) groups is 2. The normalized spacial score (nSPS) is 10.2. The van der Waals surface area contributed by atoms with Crippen molar-refractivity contribution in [1.82, 2.24) is 15.2 Å². The van der Waals surface area contributed by atoms with Gasteiger partial charge in [-0.3, -0.25) is 14.6 Å². The fourth-order valence-electron chi connectivity index (χ4n) is 2.12. The van der Waals surface area contributed by atoms with Gasteiger partial charge in [-0.05, 0) is 30.2 Å². The molecular weight excluding hydrogens is 290 g/mol. The van der Waals surface area contributed by atoms with Gasteiger partial charge in [0, 0.05) is 32.4 Å². The van der Waals surface area contributed by atoms with Crippen LogP contribution >= 0.6 is 0 Å². The smallest absolute Gasteiger partial charge is 0.239 e. The molecule has 0 aliphatic rings. The highest BCUT2D eigenvalue weighted by Crippen LogP contribution is 2.05. The van der Waals surface area contributed by atoms with Gasteiger partial charge in [0.05, 0.1) is 6.54 Å². The zero-order valence-electron chi connectivity index (χ0n) is 13.5. The van der Waals surface area contributed by atoms with E-state index >= 15 is 0 Å². The lowest BCUT2D eigenvalue weighted by atomic mass is 10.1. The van der Waals surface area contributed by atoms with Crippen molar-refractivity contribution in [3.8, 4) is 0 Å². The molecule has 0 atom stereocenters. The Morgan fingerprint density at radius 2 is 1.70 bits per heavy atom. The maximum atomic E-state index is 12.1. The van der Waals surface area contributed by atoms with E-state index in [1.807, 2.05) is 43.3 Å². The van der Waals surface area contributed by atoms with Crippen LogP contribution in [0.25, 0.3) is 0 Å². The van der Waals surface area contributed by atoms with Gasteiger partial charge in [0.2, 0.25) is 11.8 Å². The number of rotatable bonds is 6. The van der Waals surface area contributed by atoms with Crippen LogP contribution in [0.5, 0.6) is 0 Å². The number of nitrogens with zero attached hydrogens (tertiary/aromatic N) is 2. The third-order valence-corrected chi connectivity index (χ3v) is 3.51. The van der Waals surface area contributed by atoms with Crippen molar-refractivity contribution in [3.05, 3.63) is 65.5 Å². The number of hydrogen-bond acceptors (Lipinski definition) is 3. The molecule has 0 spiro atoms. The highest BCUT2D eigenvalue weighted by molar-refractivity contribution is 5.83. The Morgan fingerprint density at radius 3 is 2.30 bits per heavy atom. The van der Waals surface area contributed by atoms with Crippen LogP contribution in [0.2, 0.25) is 0 Å². The third-order valence-electron chi connectivity index (χ3n) is 3.51. The maximum Gasteiger partial charge on any atom is 0.239 e. The summed E-state index contributed by atoms with van der Waals surface area (Å²) in [7, 11) is 0. The van der Waals surface area contributed by atoms with Gasteiger partial charge in [0.15, 0.2) is 0 Å². The number of benzene rings is 1. The minimum Gasteiger partial charge on any atom is -0.350 e. The summed E-state index contributed by atoms with van der Waals surface area (Å²) in [5.74, 6) is -0.304. The summed E-state index contributed by atoms with van der Waals surface area (Å²) in [6, 6.07) is 11.6. The van der Waals surface area contributed by atoms with Crippen molar-refractivity contribution >= 4 is 11.8 Å². The second-order valence-electron chi connectivity index (χ2n) is 5.49. The van der Waals surface area contributed by atoms with Crippen molar-refractivity contribution in [2.45, 2.75) is 26.9 Å². The molecule has 2 rings (SSSR count). The van der Waals surface area contributed by atoms with E-state index in [1.165, 1.54) is 17.4 Å². The number of nitrogens with one attached hydrogen (secondary N) is 1. The lowest BCUT2D eigenvalue weighted by Crippen LogP contribution is -2.39.